The van der Waals surface area contributed by atoms with E-state index in [1.807, 2.05) is 6.92 Å². The molecular formula is C27H27F3O3. The largest absolute Gasteiger partial charge is 0.490 e. The lowest BCUT2D eigenvalue weighted by molar-refractivity contribution is 0.160. The first-order valence-corrected chi connectivity index (χ1v) is 10.9. The molecule has 0 saturated heterocycles. The van der Waals surface area contributed by atoms with Crippen LogP contribution < -0.4 is 9.47 Å². The molecule has 3 rings (SSSR count). The lowest BCUT2D eigenvalue weighted by Gasteiger charge is -2.14. The molecule has 1 unspecified atom stereocenters. The van der Waals surface area contributed by atoms with Crippen molar-refractivity contribution < 1.29 is 27.8 Å². The Kier molecular flexibility index (Phi) is 8.55. The van der Waals surface area contributed by atoms with Gasteiger partial charge >= 0.3 is 0 Å². The second-order valence-corrected chi connectivity index (χ2v) is 7.63. The van der Waals surface area contributed by atoms with Gasteiger partial charge in [-0.05, 0) is 48.2 Å². The number of halogens is 3. The summed E-state index contributed by atoms with van der Waals surface area (Å²) in [4.78, 5) is 0. The third-order valence-corrected chi connectivity index (χ3v) is 5.21. The summed E-state index contributed by atoms with van der Waals surface area (Å²) in [7, 11) is 0. The monoisotopic (exact) mass is 456 g/mol. The highest BCUT2D eigenvalue weighted by Crippen LogP contribution is 2.29. The summed E-state index contributed by atoms with van der Waals surface area (Å²) in [5.74, 6) is -1.89. The molecule has 0 saturated carbocycles. The van der Waals surface area contributed by atoms with Crippen molar-refractivity contribution >= 4 is 0 Å². The average molecular weight is 457 g/mol. The van der Waals surface area contributed by atoms with Crippen LogP contribution in [0.15, 0.2) is 67.3 Å². The Morgan fingerprint density at radius 3 is 2.33 bits per heavy atom. The fraction of sp³-hybridized carbons (Fsp3) is 0.259. The highest BCUT2D eigenvalue weighted by atomic mass is 19.2. The Hall–Kier alpha value is -3.25. The zero-order valence-electron chi connectivity index (χ0n) is 18.5. The first-order chi connectivity index (χ1) is 15.9. The molecule has 0 heterocycles. The van der Waals surface area contributed by atoms with Crippen molar-refractivity contribution in [3.63, 3.8) is 0 Å². The van der Waals surface area contributed by atoms with E-state index >= 15 is 0 Å². The molecule has 0 aromatic heterocycles. The van der Waals surface area contributed by atoms with E-state index in [1.165, 1.54) is 18.2 Å². The molecule has 174 valence electrons. The molecule has 1 N–H and O–H groups in total. The zero-order valence-corrected chi connectivity index (χ0v) is 18.5. The Morgan fingerprint density at radius 1 is 0.939 bits per heavy atom. The van der Waals surface area contributed by atoms with E-state index in [-0.39, 0.29) is 23.5 Å². The first-order valence-electron chi connectivity index (χ1n) is 10.9. The highest BCUT2D eigenvalue weighted by molar-refractivity contribution is 5.65. The van der Waals surface area contributed by atoms with Crippen LogP contribution in [-0.4, -0.2) is 11.7 Å². The van der Waals surface area contributed by atoms with Gasteiger partial charge in [-0.1, -0.05) is 49.8 Å². The molecule has 0 aliphatic carbocycles. The fourth-order valence-corrected chi connectivity index (χ4v) is 3.36. The van der Waals surface area contributed by atoms with Gasteiger partial charge in [-0.15, -0.1) is 6.58 Å². The number of benzene rings is 3. The smallest absolute Gasteiger partial charge is 0.165 e. The van der Waals surface area contributed by atoms with E-state index in [2.05, 4.69) is 6.58 Å². The van der Waals surface area contributed by atoms with Crippen molar-refractivity contribution in [2.45, 2.75) is 38.9 Å². The number of aliphatic hydroxyl groups is 1. The maximum Gasteiger partial charge on any atom is 0.165 e. The average Bonchev–Trinajstić information content (AvgIpc) is 2.81. The predicted octanol–water partition coefficient (Wildman–Crippen LogP) is 7.14. The molecule has 0 aliphatic rings. The molecule has 1 atom stereocenters. The van der Waals surface area contributed by atoms with Crippen molar-refractivity contribution in [2.75, 3.05) is 6.61 Å². The van der Waals surface area contributed by atoms with Crippen molar-refractivity contribution in [1.82, 2.24) is 0 Å². The molecule has 0 aliphatic heterocycles. The third kappa shape index (κ3) is 6.17. The molecule has 33 heavy (non-hydrogen) atoms. The standard InChI is InChI=1S/C27H27F3O3/c1-3-5-15-32-25-14-10-19(16-23(25)28)18-7-11-21(12-8-18)33-17-20-9-13-22(24(31)6-4-2)27(30)26(20)29/h3,7-14,16,24,31H,1,4-6,15,17H2,2H3. The van der Waals surface area contributed by atoms with Gasteiger partial charge in [-0.3, -0.25) is 0 Å². The first kappa shape index (κ1) is 24.4. The van der Waals surface area contributed by atoms with Gasteiger partial charge in [0.25, 0.3) is 0 Å². The lowest BCUT2D eigenvalue weighted by atomic mass is 10.0. The second kappa shape index (κ2) is 11.6. The Bertz CT molecular complexity index is 1080. The predicted molar refractivity (Wildman–Crippen MR) is 123 cm³/mol. The molecule has 6 heteroatoms. The van der Waals surface area contributed by atoms with Crippen LogP contribution in [0.2, 0.25) is 0 Å². The number of rotatable bonds is 11. The maximum absolute atomic E-state index is 14.4. The van der Waals surface area contributed by atoms with Crippen LogP contribution in [0.1, 0.15) is 43.4 Å². The van der Waals surface area contributed by atoms with Gasteiger partial charge in [0.2, 0.25) is 0 Å². The van der Waals surface area contributed by atoms with Gasteiger partial charge in [-0.25, -0.2) is 13.2 Å². The summed E-state index contributed by atoms with van der Waals surface area (Å²) in [5.41, 5.74) is 1.44. The van der Waals surface area contributed by atoms with Crippen LogP contribution >= 0.6 is 0 Å². The SMILES string of the molecule is C=CCCOc1ccc(-c2ccc(OCc3ccc(C(O)CCC)c(F)c3F)cc2)cc1F. The molecule has 3 aromatic carbocycles. The van der Waals surface area contributed by atoms with Crippen LogP contribution in [0.25, 0.3) is 11.1 Å². The minimum atomic E-state index is -1.05. The molecule has 3 nitrogen and oxygen atoms in total. The quantitative estimate of drug-likeness (QED) is 0.246. The van der Waals surface area contributed by atoms with Crippen molar-refractivity contribution in [2.24, 2.45) is 0 Å². The molecule has 0 radical (unpaired) electrons. The molecule has 0 amide bonds. The molecule has 0 spiro atoms. The molecular weight excluding hydrogens is 429 g/mol. The minimum absolute atomic E-state index is 0.0493. The summed E-state index contributed by atoms with van der Waals surface area (Å²) in [6, 6.07) is 14.4. The van der Waals surface area contributed by atoms with Crippen LogP contribution in [0.3, 0.4) is 0 Å². The summed E-state index contributed by atoms with van der Waals surface area (Å²) in [6.07, 6.45) is 2.30. The summed E-state index contributed by atoms with van der Waals surface area (Å²) in [6.45, 7) is 5.65. The van der Waals surface area contributed by atoms with Gasteiger partial charge in [0.15, 0.2) is 23.2 Å². The second-order valence-electron chi connectivity index (χ2n) is 7.63. The van der Waals surface area contributed by atoms with Gasteiger partial charge in [0.05, 0.1) is 12.7 Å². The van der Waals surface area contributed by atoms with E-state index in [0.717, 1.165) is 5.56 Å². The molecule has 0 fully saturated rings. The maximum atomic E-state index is 14.4. The Labute approximate surface area is 192 Å². The third-order valence-electron chi connectivity index (χ3n) is 5.21. The normalized spacial score (nSPS) is 11.8. The van der Waals surface area contributed by atoms with Gasteiger partial charge in [0.1, 0.15) is 12.4 Å². The van der Waals surface area contributed by atoms with Crippen LogP contribution in [0.5, 0.6) is 11.5 Å². The van der Waals surface area contributed by atoms with Crippen LogP contribution in [0, 0.1) is 17.5 Å². The van der Waals surface area contributed by atoms with Gasteiger partial charge in [0, 0.05) is 11.1 Å². The van der Waals surface area contributed by atoms with Crippen molar-refractivity contribution in [1.29, 1.82) is 0 Å². The van der Waals surface area contributed by atoms with E-state index in [0.29, 0.717) is 37.2 Å². The van der Waals surface area contributed by atoms with Crippen LogP contribution in [-0.2, 0) is 6.61 Å². The topological polar surface area (TPSA) is 38.7 Å². The fourth-order valence-electron chi connectivity index (χ4n) is 3.36. The van der Waals surface area contributed by atoms with Gasteiger partial charge in [-0.2, -0.15) is 0 Å². The van der Waals surface area contributed by atoms with E-state index in [1.54, 1.807) is 42.5 Å². The zero-order chi connectivity index (χ0) is 23.8. The number of aliphatic hydroxyl groups excluding tert-OH is 1. The summed E-state index contributed by atoms with van der Waals surface area (Å²) >= 11 is 0. The van der Waals surface area contributed by atoms with E-state index in [9.17, 15) is 18.3 Å². The Balaban J connectivity index is 1.65. The number of hydrogen-bond donors (Lipinski definition) is 1. The lowest BCUT2D eigenvalue weighted by Crippen LogP contribution is -2.07. The van der Waals surface area contributed by atoms with Crippen LogP contribution in [0.4, 0.5) is 13.2 Å². The van der Waals surface area contributed by atoms with Gasteiger partial charge < -0.3 is 14.6 Å². The minimum Gasteiger partial charge on any atom is -0.490 e. The number of ether oxygens (including phenoxy) is 2. The molecule has 3 aromatic rings. The highest BCUT2D eigenvalue weighted by Gasteiger charge is 2.18. The van der Waals surface area contributed by atoms with E-state index in [4.69, 9.17) is 9.47 Å². The number of hydrogen-bond acceptors (Lipinski definition) is 3. The van der Waals surface area contributed by atoms with Crippen molar-refractivity contribution in [3.8, 4) is 22.6 Å². The van der Waals surface area contributed by atoms with Crippen molar-refractivity contribution in [3.05, 3.63) is 95.8 Å². The Morgan fingerprint density at radius 2 is 1.67 bits per heavy atom. The van der Waals surface area contributed by atoms with E-state index < -0.39 is 23.6 Å². The summed E-state index contributed by atoms with van der Waals surface area (Å²) < 4.78 is 54.0. The molecule has 0 bridgehead atoms. The summed E-state index contributed by atoms with van der Waals surface area (Å²) in [5, 5.41) is 9.95.